The van der Waals surface area contributed by atoms with E-state index in [0.717, 1.165) is 0 Å². The van der Waals surface area contributed by atoms with Crippen molar-refractivity contribution in [2.45, 2.75) is 266 Å². The van der Waals surface area contributed by atoms with E-state index < -0.39 is 266 Å². The topological polar surface area (TPSA) is 858 Å². The van der Waals surface area contributed by atoms with Crippen LogP contribution in [0.15, 0.2) is 116 Å². The van der Waals surface area contributed by atoms with Gasteiger partial charge in [0.05, 0.1) is 51.5 Å². The molecule has 0 bridgehead atoms. The Labute approximate surface area is 849 Å². The molecule has 0 aliphatic carbocycles. The Morgan fingerprint density at radius 3 is 0.952 bits per heavy atom. The van der Waals surface area contributed by atoms with Gasteiger partial charge in [0.15, 0.2) is 0 Å². The Kier molecular flexibility index (Phi) is 54.7. The first-order valence-electron chi connectivity index (χ1n) is 48.5. The van der Waals surface area contributed by atoms with Crippen LogP contribution < -0.4 is 136 Å². The van der Waals surface area contributed by atoms with Gasteiger partial charge in [-0.25, -0.2) is 9.97 Å². The van der Waals surface area contributed by atoms with E-state index in [4.69, 9.17) is 40.1 Å². The zero-order chi connectivity index (χ0) is 109. The summed E-state index contributed by atoms with van der Waals surface area (Å²) in [5.41, 5.74) is 41.9. The van der Waals surface area contributed by atoms with Crippen LogP contribution in [0.1, 0.15) is 153 Å². The van der Waals surface area contributed by atoms with Crippen molar-refractivity contribution in [3.8, 4) is 0 Å². The highest BCUT2D eigenvalue weighted by Crippen LogP contribution is 2.16. The molecule has 0 unspecified atom stereocenters. The third kappa shape index (κ3) is 44.3. The molecule has 0 aliphatic rings. The average molecular weight is 2060 g/mol. The minimum Gasteiger partial charge on any atom is -0.394 e. The number of hydrogen-bond acceptors (Lipinski definition) is 30. The summed E-state index contributed by atoms with van der Waals surface area (Å²) in [6.07, 6.45) is 3.89. The second kappa shape index (κ2) is 65.5. The van der Waals surface area contributed by atoms with Crippen LogP contribution in [0, 0.1) is 5.92 Å². The van der Waals surface area contributed by atoms with Crippen molar-refractivity contribution in [3.05, 3.63) is 144 Å². The van der Waals surface area contributed by atoms with E-state index in [-0.39, 0.29) is 109 Å². The molecule has 52 heteroatoms. The molecule has 18 atom stereocenters. The van der Waals surface area contributed by atoms with Crippen LogP contribution in [0.2, 0.25) is 0 Å². The van der Waals surface area contributed by atoms with Gasteiger partial charge in [-0.1, -0.05) is 105 Å². The zero-order valence-corrected chi connectivity index (χ0v) is 83.3. The second-order valence-corrected chi connectivity index (χ2v) is 35.6. The van der Waals surface area contributed by atoms with E-state index in [2.05, 4.69) is 116 Å². The molecule has 0 saturated carbocycles. The highest BCUT2D eigenvalue weighted by molar-refractivity contribution is 6.02. The standard InChI is InChI=1S/C95H145N29O23/c1-52(2)77(123-93(145)73(49-126)121-90(142)70(42-61-46-104-51-107-61)119-88(140)68(40-59-28-14-9-15-29-59)116-81(133)55(5)109-83(135)62(30-16-20-34-96)111-76(130)47-105-82(134)66(112-75(129)44-100)38-57-24-10-7-11-25-57)94(146)122-72(48-125)92(144)120-71(43-74(101)128)91(143)117-67(39-58-26-12-8-13-27-58)87(139)110-54(4)80(132)113-63(31-17-21-35-97)84(136)114-64(32-18-22-36-98)85(137)118-69(41-60-45-103-50-106-60)89(141)115-65(33-19-23-37-99)86(138)124-78(56(6)127)95(147)108-53(3)79(102)131/h7-15,24-29,45-46,50-56,62-73,77-78,125-127H,16-23,30-44,47-49,96-100H2,1-6H3,(H2,101,128)(H2,102,131)(H,103,106)(H,104,107)(H,105,134)(H,108,147)(H,109,135)(H,110,139)(H,111,130)(H,112,129)(H,113,132)(H,114,136)(H,115,141)(H,116,133)(H,117,143)(H,118,137)(H,119,140)(H,120,144)(H,121,142)(H,122,146)(H,123,145)(H,124,138)/t53-,54-,55-,56+,62-,63-,64-,65-,66-,67-,68-,69-,70-,71-,72-,73-,77-,78-/m0/s1. The number of aromatic nitrogens is 4. The molecule has 0 aliphatic heterocycles. The van der Waals surface area contributed by atoms with E-state index in [0.29, 0.717) is 54.5 Å². The molecule has 0 saturated heterocycles. The lowest BCUT2D eigenvalue weighted by atomic mass is 10.0. The number of carbonyl (C=O) groups is 20. The maximum absolute atomic E-state index is 14.7. The summed E-state index contributed by atoms with van der Waals surface area (Å²) < 4.78 is 0. The lowest BCUT2D eigenvalue weighted by Crippen LogP contribution is -2.62. The molecular formula is C95H145N29O23. The quantitative estimate of drug-likeness (QED) is 0.0161. The molecule has 52 nitrogen and oxygen atoms in total. The van der Waals surface area contributed by atoms with Crippen LogP contribution in [0.4, 0.5) is 0 Å². The fraction of sp³-hybridized carbons (Fsp3) is 0.537. The fourth-order valence-corrected chi connectivity index (χ4v) is 14.8. The lowest BCUT2D eigenvalue weighted by Gasteiger charge is -2.28. The third-order valence-electron chi connectivity index (χ3n) is 23.2. The number of H-pyrrole nitrogens is 2. The van der Waals surface area contributed by atoms with Crippen molar-refractivity contribution in [3.63, 3.8) is 0 Å². The number of carbonyl (C=O) groups excluding carboxylic acids is 20. The monoisotopic (exact) mass is 2060 g/mol. The number of aliphatic hydroxyl groups excluding tert-OH is 3. The van der Waals surface area contributed by atoms with Gasteiger partial charge in [-0.15, -0.1) is 0 Å². The Morgan fingerprint density at radius 2 is 0.592 bits per heavy atom. The largest absolute Gasteiger partial charge is 0.394 e. The Balaban J connectivity index is 1.30. The van der Waals surface area contributed by atoms with Gasteiger partial charge in [-0.05, 0) is 154 Å². The number of imidazole rings is 2. The molecule has 5 aromatic rings. The minimum absolute atomic E-state index is 0.0193. The van der Waals surface area contributed by atoms with Gasteiger partial charge < -0.3 is 161 Å². The molecule has 2 heterocycles. The maximum atomic E-state index is 14.7. The number of nitrogens with two attached hydrogens (primary N) is 7. The van der Waals surface area contributed by atoms with E-state index in [1.807, 2.05) is 0 Å². The summed E-state index contributed by atoms with van der Waals surface area (Å²) in [5, 5.41) is 76.9. The number of nitrogens with one attached hydrogen (secondary N) is 20. The first-order chi connectivity index (χ1) is 70.1. The molecule has 0 radical (unpaired) electrons. The van der Waals surface area contributed by atoms with E-state index in [1.54, 1.807) is 91.0 Å². The molecule has 0 fully saturated rings. The highest BCUT2D eigenvalue weighted by Gasteiger charge is 2.41. The van der Waals surface area contributed by atoms with E-state index in [1.165, 1.54) is 66.6 Å². The van der Waals surface area contributed by atoms with Gasteiger partial charge in [0, 0.05) is 55.9 Å². The smallest absolute Gasteiger partial charge is 0.245 e. The van der Waals surface area contributed by atoms with Crippen LogP contribution in [0.25, 0.3) is 0 Å². The Hall–Kier alpha value is -14.8. The minimum atomic E-state index is -2.00. The van der Waals surface area contributed by atoms with Gasteiger partial charge in [-0.2, -0.15) is 0 Å². The SMILES string of the molecule is CC(C)[C@H](NC(=O)[C@H](CO)NC(=O)[C@H](Cc1cnc[nH]1)NC(=O)[C@H](Cc1ccccc1)NC(=O)[C@H](C)NC(=O)[C@H](CCCCN)NC(=O)CNC(=O)[C@H](Cc1ccccc1)NC(=O)CN)C(=O)N[C@@H](CO)C(=O)N[C@@H](CC(N)=O)C(=O)N[C@@H](Cc1ccccc1)C(=O)N[C@@H](C)C(=O)N[C@@H](CCCCN)C(=O)N[C@@H](CCCCN)C(=O)N[C@@H](Cc1cnc[nH]1)C(=O)N[C@@H](CCCCN)C(=O)N[C@H](C(=O)N[C@@H](C)C(N)=O)[C@@H](C)O. The zero-order valence-electron chi connectivity index (χ0n) is 83.3. The number of amides is 20. The van der Waals surface area contributed by atoms with Crippen molar-refractivity contribution >= 4 is 118 Å². The summed E-state index contributed by atoms with van der Waals surface area (Å²) in [7, 11) is 0. The predicted octanol–water partition coefficient (Wildman–Crippen LogP) is -10.1. The number of rotatable bonds is 69. The molecule has 20 amide bonds. The molecule has 2 aromatic heterocycles. The van der Waals surface area contributed by atoms with Gasteiger partial charge in [0.2, 0.25) is 118 Å². The van der Waals surface area contributed by atoms with Crippen LogP contribution in [-0.4, -0.2) is 315 Å². The van der Waals surface area contributed by atoms with Crippen molar-refractivity contribution in [1.82, 2.24) is 116 Å². The third-order valence-corrected chi connectivity index (χ3v) is 23.2. The maximum Gasteiger partial charge on any atom is 0.245 e. The molecule has 808 valence electrons. The molecule has 3 aromatic carbocycles. The van der Waals surface area contributed by atoms with Crippen LogP contribution in [0.5, 0.6) is 0 Å². The summed E-state index contributed by atoms with van der Waals surface area (Å²) in [5.74, 6) is -20.7. The normalized spacial score (nSPS) is 14.8. The number of aliphatic hydroxyl groups is 3. The van der Waals surface area contributed by atoms with Gasteiger partial charge in [-0.3, -0.25) is 95.9 Å². The number of benzene rings is 3. The Bertz CT molecular complexity index is 5090. The molecule has 5 rings (SSSR count). The number of aromatic amines is 2. The van der Waals surface area contributed by atoms with Crippen LogP contribution in [-0.2, 0) is 128 Å². The van der Waals surface area contributed by atoms with Gasteiger partial charge in [0.1, 0.15) is 103 Å². The van der Waals surface area contributed by atoms with Crippen LogP contribution >= 0.6 is 0 Å². The van der Waals surface area contributed by atoms with Crippen molar-refractivity contribution in [2.75, 3.05) is 52.5 Å². The number of unbranched alkanes of at least 4 members (excludes halogenated alkanes) is 4. The summed E-state index contributed by atoms with van der Waals surface area (Å²) in [6.45, 7) is 5.19. The predicted molar refractivity (Wildman–Crippen MR) is 532 cm³/mol. The lowest BCUT2D eigenvalue weighted by molar-refractivity contribution is -0.137. The fourth-order valence-electron chi connectivity index (χ4n) is 14.8. The highest BCUT2D eigenvalue weighted by atomic mass is 16.3. The number of hydrogen-bond donors (Lipinski definition) is 30. The van der Waals surface area contributed by atoms with Gasteiger partial charge in [0.25, 0.3) is 0 Å². The van der Waals surface area contributed by atoms with Crippen LogP contribution in [0.3, 0.4) is 0 Å². The average Bonchev–Trinajstić information content (AvgIpc) is 1.57. The number of primary amides is 2. The van der Waals surface area contributed by atoms with E-state index >= 15 is 0 Å². The number of nitrogens with zero attached hydrogens (tertiary/aromatic N) is 2. The summed E-state index contributed by atoms with van der Waals surface area (Å²) >= 11 is 0. The summed E-state index contributed by atoms with van der Waals surface area (Å²) in [6, 6.07) is -1.55. The summed E-state index contributed by atoms with van der Waals surface area (Å²) in [4.78, 5) is 292. The molecular weight excluding hydrogens is 1920 g/mol. The molecule has 37 N–H and O–H groups in total. The van der Waals surface area contributed by atoms with E-state index in [9.17, 15) is 111 Å². The van der Waals surface area contributed by atoms with Crippen molar-refractivity contribution < 1.29 is 111 Å². The van der Waals surface area contributed by atoms with Crippen molar-refractivity contribution in [1.29, 1.82) is 0 Å². The first kappa shape index (κ1) is 123. The second-order valence-electron chi connectivity index (χ2n) is 35.6. The van der Waals surface area contributed by atoms with Gasteiger partial charge >= 0.3 is 0 Å². The molecule has 147 heavy (non-hydrogen) atoms. The first-order valence-corrected chi connectivity index (χ1v) is 48.5. The Morgan fingerprint density at radius 1 is 0.306 bits per heavy atom. The van der Waals surface area contributed by atoms with Crippen molar-refractivity contribution in [2.24, 2.45) is 46.1 Å². The molecule has 0 spiro atoms.